The Morgan fingerprint density at radius 3 is 2.36 bits per heavy atom. The Hall–Kier alpha value is -1.84. The van der Waals surface area contributed by atoms with Crippen molar-refractivity contribution in [2.75, 3.05) is 16.8 Å². The molecule has 0 aliphatic carbocycles. The molecule has 1 aromatic carbocycles. The van der Waals surface area contributed by atoms with Gasteiger partial charge < -0.3 is 10.2 Å². The van der Waals surface area contributed by atoms with Gasteiger partial charge in [0, 0.05) is 30.8 Å². The quantitative estimate of drug-likeness (QED) is 0.737. The molecule has 0 aromatic heterocycles. The van der Waals surface area contributed by atoms with Crippen molar-refractivity contribution in [3.8, 4) is 0 Å². The largest absolute Gasteiger partial charge is 0.326 e. The number of anilines is 2. The summed E-state index contributed by atoms with van der Waals surface area (Å²) in [7, 11) is 0. The highest BCUT2D eigenvalue weighted by molar-refractivity contribution is 5.95. The molecule has 0 spiro atoms. The zero-order chi connectivity index (χ0) is 16.4. The van der Waals surface area contributed by atoms with Gasteiger partial charge in [0.1, 0.15) is 0 Å². The lowest BCUT2D eigenvalue weighted by Gasteiger charge is -2.21. The zero-order valence-electron chi connectivity index (χ0n) is 14.0. The SMILES string of the molecule is CCCCC(=O)Nc1cccc(N(CC)C(=O)CCCC)c1. The van der Waals surface area contributed by atoms with Gasteiger partial charge in [-0.25, -0.2) is 0 Å². The zero-order valence-corrected chi connectivity index (χ0v) is 14.0. The van der Waals surface area contributed by atoms with E-state index in [0.717, 1.165) is 37.1 Å². The number of rotatable bonds is 9. The molecule has 22 heavy (non-hydrogen) atoms. The molecule has 0 aliphatic heterocycles. The second kappa shape index (κ2) is 9.98. The summed E-state index contributed by atoms with van der Waals surface area (Å²) < 4.78 is 0. The van der Waals surface area contributed by atoms with Crippen LogP contribution in [0.4, 0.5) is 11.4 Å². The van der Waals surface area contributed by atoms with Crippen molar-refractivity contribution in [2.45, 2.75) is 59.3 Å². The van der Waals surface area contributed by atoms with Gasteiger partial charge in [0.2, 0.25) is 11.8 Å². The average Bonchev–Trinajstić information content (AvgIpc) is 2.52. The second-order valence-corrected chi connectivity index (χ2v) is 5.44. The molecule has 122 valence electrons. The summed E-state index contributed by atoms with van der Waals surface area (Å²) in [5.74, 6) is 0.165. The number of carbonyl (C=O) groups is 2. The van der Waals surface area contributed by atoms with Gasteiger partial charge in [0.05, 0.1) is 0 Å². The molecule has 0 aliphatic rings. The number of hydrogen-bond acceptors (Lipinski definition) is 2. The minimum Gasteiger partial charge on any atom is -0.326 e. The summed E-state index contributed by atoms with van der Waals surface area (Å²) in [5.41, 5.74) is 1.59. The summed E-state index contributed by atoms with van der Waals surface area (Å²) in [6, 6.07) is 7.52. The lowest BCUT2D eigenvalue weighted by atomic mass is 10.2. The van der Waals surface area contributed by atoms with Gasteiger partial charge >= 0.3 is 0 Å². The number of benzene rings is 1. The van der Waals surface area contributed by atoms with Crippen LogP contribution in [0.5, 0.6) is 0 Å². The Bertz CT molecular complexity index is 486. The van der Waals surface area contributed by atoms with Crippen LogP contribution >= 0.6 is 0 Å². The fraction of sp³-hybridized carbons (Fsp3) is 0.556. The van der Waals surface area contributed by atoms with E-state index in [-0.39, 0.29) is 11.8 Å². The van der Waals surface area contributed by atoms with Gasteiger partial charge in [-0.2, -0.15) is 0 Å². The third-order valence-corrected chi connectivity index (χ3v) is 3.56. The minimum absolute atomic E-state index is 0.0272. The second-order valence-electron chi connectivity index (χ2n) is 5.44. The third kappa shape index (κ3) is 5.88. The van der Waals surface area contributed by atoms with Crippen LogP contribution in [0.25, 0.3) is 0 Å². The van der Waals surface area contributed by atoms with Crippen LogP contribution in [0.15, 0.2) is 24.3 Å². The van der Waals surface area contributed by atoms with Crippen molar-refractivity contribution in [3.05, 3.63) is 24.3 Å². The molecule has 4 nitrogen and oxygen atoms in total. The van der Waals surface area contributed by atoms with E-state index < -0.39 is 0 Å². The fourth-order valence-electron chi connectivity index (χ4n) is 2.28. The standard InChI is InChI=1S/C18H28N2O2/c1-4-7-12-17(21)19-15-10-9-11-16(14-15)20(6-3)18(22)13-8-5-2/h9-11,14H,4-8,12-13H2,1-3H3,(H,19,21). The molecule has 2 amide bonds. The summed E-state index contributed by atoms with van der Waals surface area (Å²) in [4.78, 5) is 25.8. The number of amides is 2. The van der Waals surface area contributed by atoms with Crippen molar-refractivity contribution in [1.29, 1.82) is 0 Å². The molecule has 0 bridgehead atoms. The van der Waals surface area contributed by atoms with Gasteiger partial charge in [0.15, 0.2) is 0 Å². The first-order valence-electron chi connectivity index (χ1n) is 8.32. The van der Waals surface area contributed by atoms with Crippen LogP contribution in [0.1, 0.15) is 59.3 Å². The number of unbranched alkanes of at least 4 members (excludes halogenated alkanes) is 2. The minimum atomic E-state index is 0.0272. The highest BCUT2D eigenvalue weighted by Crippen LogP contribution is 2.21. The molecular weight excluding hydrogens is 276 g/mol. The van der Waals surface area contributed by atoms with Gasteiger partial charge in [-0.15, -0.1) is 0 Å². The molecule has 0 unspecified atom stereocenters. The molecule has 1 rings (SSSR count). The molecular formula is C18H28N2O2. The molecule has 0 heterocycles. The van der Waals surface area contributed by atoms with Crippen molar-refractivity contribution in [1.82, 2.24) is 0 Å². The molecule has 0 saturated carbocycles. The van der Waals surface area contributed by atoms with Crippen LogP contribution in [-0.4, -0.2) is 18.4 Å². The van der Waals surface area contributed by atoms with E-state index in [1.807, 2.05) is 31.2 Å². The van der Waals surface area contributed by atoms with Crippen molar-refractivity contribution < 1.29 is 9.59 Å². The number of nitrogens with one attached hydrogen (secondary N) is 1. The lowest BCUT2D eigenvalue weighted by molar-refractivity contribution is -0.118. The number of carbonyl (C=O) groups excluding carboxylic acids is 2. The lowest BCUT2D eigenvalue weighted by Crippen LogP contribution is -2.30. The molecule has 0 radical (unpaired) electrons. The Morgan fingerprint density at radius 2 is 1.73 bits per heavy atom. The molecule has 1 N–H and O–H groups in total. The van der Waals surface area contributed by atoms with E-state index in [1.54, 1.807) is 4.90 Å². The smallest absolute Gasteiger partial charge is 0.226 e. The maximum absolute atomic E-state index is 12.2. The Morgan fingerprint density at radius 1 is 1.05 bits per heavy atom. The highest BCUT2D eigenvalue weighted by atomic mass is 16.2. The average molecular weight is 304 g/mol. The maximum atomic E-state index is 12.2. The number of nitrogens with zero attached hydrogens (tertiary/aromatic N) is 1. The molecule has 1 aromatic rings. The van der Waals surface area contributed by atoms with E-state index in [0.29, 0.717) is 19.4 Å². The van der Waals surface area contributed by atoms with Crippen LogP contribution < -0.4 is 10.2 Å². The maximum Gasteiger partial charge on any atom is 0.226 e. The fourth-order valence-corrected chi connectivity index (χ4v) is 2.28. The van der Waals surface area contributed by atoms with Crippen LogP contribution in [0.2, 0.25) is 0 Å². The van der Waals surface area contributed by atoms with Gasteiger partial charge in [-0.05, 0) is 38.0 Å². The molecule has 4 heteroatoms. The highest BCUT2D eigenvalue weighted by Gasteiger charge is 2.13. The monoisotopic (exact) mass is 304 g/mol. The van der Waals surface area contributed by atoms with E-state index in [2.05, 4.69) is 19.2 Å². The van der Waals surface area contributed by atoms with Crippen molar-refractivity contribution in [2.24, 2.45) is 0 Å². The van der Waals surface area contributed by atoms with Crippen LogP contribution in [-0.2, 0) is 9.59 Å². The topological polar surface area (TPSA) is 49.4 Å². The van der Waals surface area contributed by atoms with Crippen LogP contribution in [0, 0.1) is 0 Å². The van der Waals surface area contributed by atoms with Crippen LogP contribution in [0.3, 0.4) is 0 Å². The molecule has 0 saturated heterocycles. The Labute approximate surface area is 133 Å². The first-order chi connectivity index (χ1) is 10.6. The van der Waals surface area contributed by atoms with E-state index >= 15 is 0 Å². The van der Waals surface area contributed by atoms with Gasteiger partial charge in [0.25, 0.3) is 0 Å². The van der Waals surface area contributed by atoms with Crippen molar-refractivity contribution >= 4 is 23.2 Å². The predicted octanol–water partition coefficient (Wildman–Crippen LogP) is 4.36. The molecule has 0 fully saturated rings. The first kappa shape index (κ1) is 18.2. The Balaban J connectivity index is 2.76. The summed E-state index contributed by atoms with van der Waals surface area (Å²) in [6.45, 7) is 6.75. The van der Waals surface area contributed by atoms with E-state index in [4.69, 9.17) is 0 Å². The first-order valence-corrected chi connectivity index (χ1v) is 8.32. The summed E-state index contributed by atoms with van der Waals surface area (Å²) >= 11 is 0. The normalized spacial score (nSPS) is 10.3. The van der Waals surface area contributed by atoms with Crippen molar-refractivity contribution in [3.63, 3.8) is 0 Å². The van der Waals surface area contributed by atoms with Gasteiger partial charge in [-0.3, -0.25) is 9.59 Å². The van der Waals surface area contributed by atoms with E-state index in [9.17, 15) is 9.59 Å². The van der Waals surface area contributed by atoms with E-state index in [1.165, 1.54) is 0 Å². The number of hydrogen-bond donors (Lipinski definition) is 1. The summed E-state index contributed by atoms with van der Waals surface area (Å²) in [5, 5.41) is 2.90. The summed E-state index contributed by atoms with van der Waals surface area (Å²) in [6.07, 6.45) is 4.91. The Kier molecular flexibility index (Phi) is 8.26. The predicted molar refractivity (Wildman–Crippen MR) is 92.1 cm³/mol. The van der Waals surface area contributed by atoms with Gasteiger partial charge in [-0.1, -0.05) is 32.8 Å². The third-order valence-electron chi connectivity index (χ3n) is 3.56. The molecule has 0 atom stereocenters.